The van der Waals surface area contributed by atoms with Gasteiger partial charge in [0, 0.05) is 11.3 Å². The van der Waals surface area contributed by atoms with Crippen LogP contribution in [0.1, 0.15) is 35.3 Å². The molecule has 0 bridgehead atoms. The molecule has 1 unspecified atom stereocenters. The molecule has 2 N–H and O–H groups in total. The van der Waals surface area contributed by atoms with Crippen molar-refractivity contribution in [3.05, 3.63) is 57.8 Å². The minimum absolute atomic E-state index is 0.726. The smallest absolute Gasteiger partial charge is 0.0529 e. The zero-order valence-electron chi connectivity index (χ0n) is 13.0. The van der Waals surface area contributed by atoms with Gasteiger partial charge in [-0.2, -0.15) is 0 Å². The van der Waals surface area contributed by atoms with Crippen molar-refractivity contribution < 1.29 is 0 Å². The van der Waals surface area contributed by atoms with E-state index in [0.717, 1.165) is 29.3 Å². The summed E-state index contributed by atoms with van der Waals surface area (Å²) in [5.41, 5.74) is 3.41. The monoisotopic (exact) mass is 312 g/mol. The van der Waals surface area contributed by atoms with Crippen molar-refractivity contribution in [1.82, 2.24) is 5.32 Å². The van der Waals surface area contributed by atoms with Gasteiger partial charge in [-0.25, -0.2) is 0 Å². The summed E-state index contributed by atoms with van der Waals surface area (Å²) >= 11 is 1.65. The Morgan fingerprint density at radius 2 is 2.14 bits per heavy atom. The summed E-state index contributed by atoms with van der Waals surface area (Å²) in [4.78, 5) is 1.08. The molecule has 1 saturated heterocycles. The van der Waals surface area contributed by atoms with Gasteiger partial charge in [-0.05, 0) is 67.3 Å². The van der Waals surface area contributed by atoms with Crippen LogP contribution in [0.25, 0.3) is 0 Å². The molecule has 1 atom stereocenters. The lowest BCUT2D eigenvalue weighted by Crippen LogP contribution is -2.09. The van der Waals surface area contributed by atoms with Crippen LogP contribution in [-0.4, -0.2) is 18.8 Å². The molecule has 0 radical (unpaired) electrons. The van der Waals surface area contributed by atoms with E-state index < -0.39 is 0 Å². The van der Waals surface area contributed by atoms with Crippen LogP contribution in [0.15, 0.2) is 41.8 Å². The Kier molecular flexibility index (Phi) is 5.41. The molecule has 22 heavy (non-hydrogen) atoms. The maximum absolute atomic E-state index is 8.21. The van der Waals surface area contributed by atoms with Crippen molar-refractivity contribution in [2.45, 2.75) is 32.1 Å². The summed E-state index contributed by atoms with van der Waals surface area (Å²) in [6.45, 7) is 2.41. The summed E-state index contributed by atoms with van der Waals surface area (Å²) in [5, 5.41) is 13.7. The van der Waals surface area contributed by atoms with Gasteiger partial charge in [0.05, 0.1) is 5.71 Å². The van der Waals surface area contributed by atoms with Crippen molar-refractivity contribution in [1.29, 1.82) is 5.41 Å². The number of rotatable bonds is 7. The third-order valence-electron chi connectivity index (χ3n) is 4.43. The Labute approximate surface area is 137 Å². The van der Waals surface area contributed by atoms with Gasteiger partial charge >= 0.3 is 0 Å². The van der Waals surface area contributed by atoms with Crippen LogP contribution in [0.4, 0.5) is 0 Å². The zero-order chi connectivity index (χ0) is 15.2. The van der Waals surface area contributed by atoms with Crippen LogP contribution >= 0.6 is 11.3 Å². The standard InChI is InChI=1S/C19H24N2S/c20-18(19-8-3-11-22-19)13-17-7-2-5-15(12-17)4-1-6-16-9-10-21-14-16/h2-3,5,7-8,11-12,16,20-21H,1,4,6,9-10,13-14H2. The number of benzene rings is 1. The van der Waals surface area contributed by atoms with E-state index in [0.29, 0.717) is 0 Å². The fourth-order valence-corrected chi connectivity index (χ4v) is 3.87. The zero-order valence-corrected chi connectivity index (χ0v) is 13.8. The first kappa shape index (κ1) is 15.4. The van der Waals surface area contributed by atoms with Crippen LogP contribution in [0, 0.1) is 11.3 Å². The van der Waals surface area contributed by atoms with Gasteiger partial charge in [-0.3, -0.25) is 0 Å². The summed E-state index contributed by atoms with van der Waals surface area (Å²) < 4.78 is 0. The molecule has 1 aromatic carbocycles. The lowest BCUT2D eigenvalue weighted by atomic mass is 9.97. The first-order valence-corrected chi connectivity index (χ1v) is 9.09. The van der Waals surface area contributed by atoms with Crippen LogP contribution in [0.5, 0.6) is 0 Å². The third kappa shape index (κ3) is 4.28. The molecule has 1 aliphatic rings. The minimum atomic E-state index is 0.726. The lowest BCUT2D eigenvalue weighted by Gasteiger charge is -2.09. The van der Waals surface area contributed by atoms with Crippen LogP contribution in [0.2, 0.25) is 0 Å². The van der Waals surface area contributed by atoms with Gasteiger partial charge in [0.15, 0.2) is 0 Å². The number of aryl methyl sites for hydroxylation is 1. The number of nitrogens with one attached hydrogen (secondary N) is 2. The molecular formula is C19H24N2S. The summed E-state index contributed by atoms with van der Waals surface area (Å²) in [6.07, 6.45) is 5.86. The van der Waals surface area contributed by atoms with Gasteiger partial charge in [0.1, 0.15) is 0 Å². The van der Waals surface area contributed by atoms with Crippen LogP contribution in [-0.2, 0) is 12.8 Å². The number of hydrogen-bond acceptors (Lipinski definition) is 3. The van der Waals surface area contributed by atoms with Crippen LogP contribution < -0.4 is 5.32 Å². The average molecular weight is 312 g/mol. The maximum Gasteiger partial charge on any atom is 0.0529 e. The van der Waals surface area contributed by atoms with Crippen molar-refractivity contribution >= 4 is 17.0 Å². The summed E-state index contributed by atoms with van der Waals surface area (Å²) in [7, 11) is 0. The predicted molar refractivity (Wildman–Crippen MR) is 95.2 cm³/mol. The Hall–Kier alpha value is -1.45. The molecule has 3 rings (SSSR count). The molecule has 0 aliphatic carbocycles. The second-order valence-corrected chi connectivity index (χ2v) is 7.15. The van der Waals surface area contributed by atoms with E-state index in [1.165, 1.54) is 43.5 Å². The maximum atomic E-state index is 8.21. The van der Waals surface area contributed by atoms with Gasteiger partial charge < -0.3 is 10.7 Å². The van der Waals surface area contributed by atoms with Gasteiger partial charge in [0.2, 0.25) is 0 Å². The van der Waals surface area contributed by atoms with Crippen molar-refractivity contribution in [2.75, 3.05) is 13.1 Å². The fraction of sp³-hybridized carbons (Fsp3) is 0.421. The average Bonchev–Trinajstić information content (AvgIpc) is 3.21. The normalized spacial score (nSPS) is 17.7. The summed E-state index contributed by atoms with van der Waals surface area (Å²) in [5.74, 6) is 0.884. The quantitative estimate of drug-likeness (QED) is 0.735. The predicted octanol–water partition coefficient (Wildman–Crippen LogP) is 4.29. The summed E-state index contributed by atoms with van der Waals surface area (Å²) in [6, 6.07) is 12.9. The van der Waals surface area contributed by atoms with E-state index in [2.05, 4.69) is 29.6 Å². The molecule has 0 spiro atoms. The highest BCUT2D eigenvalue weighted by Gasteiger charge is 2.13. The second-order valence-electron chi connectivity index (χ2n) is 6.20. The van der Waals surface area contributed by atoms with Crippen LogP contribution in [0.3, 0.4) is 0 Å². The van der Waals surface area contributed by atoms with E-state index in [9.17, 15) is 0 Å². The molecule has 2 heterocycles. The van der Waals surface area contributed by atoms with Crippen molar-refractivity contribution in [3.8, 4) is 0 Å². The fourth-order valence-electron chi connectivity index (χ4n) is 3.19. The topological polar surface area (TPSA) is 35.9 Å². The molecule has 0 saturated carbocycles. The largest absolute Gasteiger partial charge is 0.316 e. The molecule has 2 nitrogen and oxygen atoms in total. The molecule has 1 aliphatic heterocycles. The molecule has 1 fully saturated rings. The SMILES string of the molecule is N=C(Cc1cccc(CCCC2CCNC2)c1)c1cccs1. The van der Waals surface area contributed by atoms with Crippen molar-refractivity contribution in [3.63, 3.8) is 0 Å². The van der Waals surface area contributed by atoms with E-state index in [-0.39, 0.29) is 0 Å². The van der Waals surface area contributed by atoms with Crippen molar-refractivity contribution in [2.24, 2.45) is 5.92 Å². The first-order valence-electron chi connectivity index (χ1n) is 8.21. The highest BCUT2D eigenvalue weighted by molar-refractivity contribution is 7.12. The number of hydrogen-bond donors (Lipinski definition) is 2. The molecule has 2 aromatic rings. The first-order chi connectivity index (χ1) is 10.8. The molecule has 0 amide bonds. The van der Waals surface area contributed by atoms with E-state index >= 15 is 0 Å². The molecule has 3 heteroatoms. The minimum Gasteiger partial charge on any atom is -0.316 e. The van der Waals surface area contributed by atoms with Gasteiger partial charge in [0.25, 0.3) is 0 Å². The Morgan fingerprint density at radius 3 is 2.91 bits per heavy atom. The molecular weight excluding hydrogens is 288 g/mol. The Morgan fingerprint density at radius 1 is 1.23 bits per heavy atom. The highest BCUT2D eigenvalue weighted by Crippen LogP contribution is 2.18. The van der Waals surface area contributed by atoms with E-state index in [1.807, 2.05) is 17.5 Å². The third-order valence-corrected chi connectivity index (χ3v) is 5.36. The Bertz CT molecular complexity index is 598. The molecule has 1 aromatic heterocycles. The second kappa shape index (κ2) is 7.70. The Balaban J connectivity index is 1.52. The van der Waals surface area contributed by atoms with E-state index in [4.69, 9.17) is 5.41 Å². The highest BCUT2D eigenvalue weighted by atomic mass is 32.1. The van der Waals surface area contributed by atoms with Gasteiger partial charge in [-0.1, -0.05) is 30.3 Å². The molecule has 116 valence electrons. The number of thiophene rings is 1. The lowest BCUT2D eigenvalue weighted by molar-refractivity contribution is 0.510. The van der Waals surface area contributed by atoms with Gasteiger partial charge in [-0.15, -0.1) is 11.3 Å². The van der Waals surface area contributed by atoms with E-state index in [1.54, 1.807) is 11.3 Å².